The Hall–Kier alpha value is 0.01000. The minimum atomic E-state index is 0.619. The molecule has 0 spiro atoms. The van der Waals surface area contributed by atoms with E-state index in [1.807, 2.05) is 18.8 Å². The lowest BCUT2D eigenvalue weighted by Gasteiger charge is -2.18. The Morgan fingerprint density at radius 2 is 2.12 bits per heavy atom. The average molecular weight is 316 g/mol. The fourth-order valence-electron chi connectivity index (χ4n) is 2.00. The molecule has 0 aromatic heterocycles. The molecule has 0 fully saturated rings. The van der Waals surface area contributed by atoms with E-state index in [4.69, 9.17) is 0 Å². The smallest absolute Gasteiger partial charge is 0.0210 e. The summed E-state index contributed by atoms with van der Waals surface area (Å²) >= 11 is 5.69. The summed E-state index contributed by atoms with van der Waals surface area (Å²) in [7, 11) is 2.03. The molecule has 0 aliphatic carbocycles. The van der Waals surface area contributed by atoms with Crippen LogP contribution in [0.5, 0.6) is 0 Å². The van der Waals surface area contributed by atoms with E-state index in [2.05, 4.69) is 52.4 Å². The first-order valence-electron chi connectivity index (χ1n) is 6.26. The molecular weight excluding hydrogens is 294 g/mol. The van der Waals surface area contributed by atoms with Gasteiger partial charge in [-0.3, -0.25) is 0 Å². The highest BCUT2D eigenvalue weighted by Gasteiger charge is 2.12. The Labute approximate surface area is 118 Å². The van der Waals surface area contributed by atoms with Crippen molar-refractivity contribution in [2.75, 3.05) is 25.1 Å². The average Bonchev–Trinajstić information content (AvgIpc) is 2.34. The molecule has 0 aliphatic rings. The van der Waals surface area contributed by atoms with Gasteiger partial charge in [-0.25, -0.2) is 0 Å². The molecule has 1 rings (SSSR count). The number of hydrogen-bond acceptors (Lipinski definition) is 2. The fourth-order valence-corrected chi connectivity index (χ4v) is 3.26. The molecule has 1 N–H and O–H groups in total. The Balaban J connectivity index is 2.56. The van der Waals surface area contributed by atoms with Crippen LogP contribution in [0.2, 0.25) is 0 Å². The van der Waals surface area contributed by atoms with Crippen LogP contribution in [0.25, 0.3) is 0 Å². The zero-order chi connectivity index (χ0) is 12.5. The Kier molecular flexibility index (Phi) is 7.99. The number of rotatable bonds is 8. The molecule has 0 amide bonds. The number of thioether (sulfide) groups is 1. The summed E-state index contributed by atoms with van der Waals surface area (Å²) < 4.78 is 1.24. The zero-order valence-electron chi connectivity index (χ0n) is 10.7. The second-order valence-corrected chi connectivity index (χ2v) is 6.36. The summed E-state index contributed by atoms with van der Waals surface area (Å²) in [4.78, 5) is 0. The van der Waals surface area contributed by atoms with Crippen LogP contribution in [0.4, 0.5) is 0 Å². The first-order valence-corrected chi connectivity index (χ1v) is 8.21. The van der Waals surface area contributed by atoms with E-state index in [9.17, 15) is 0 Å². The maximum atomic E-state index is 3.66. The zero-order valence-corrected chi connectivity index (χ0v) is 13.1. The topological polar surface area (TPSA) is 12.0 Å². The molecule has 1 nitrogen and oxygen atoms in total. The predicted molar refractivity (Wildman–Crippen MR) is 83.0 cm³/mol. The third-order valence-electron chi connectivity index (χ3n) is 2.84. The lowest BCUT2D eigenvalue weighted by atomic mass is 9.94. The van der Waals surface area contributed by atoms with Gasteiger partial charge in [0.05, 0.1) is 0 Å². The first kappa shape index (κ1) is 15.1. The van der Waals surface area contributed by atoms with Gasteiger partial charge in [-0.05, 0) is 48.9 Å². The number of likely N-dealkylation sites (N-methyl/N-ethyl adjacent to an activating group) is 1. The van der Waals surface area contributed by atoms with Crippen molar-refractivity contribution in [3.05, 3.63) is 34.3 Å². The number of halogens is 1. The Morgan fingerprint density at radius 1 is 1.35 bits per heavy atom. The van der Waals surface area contributed by atoms with Crippen LogP contribution < -0.4 is 5.32 Å². The number of hydrogen-bond donors (Lipinski definition) is 1. The molecule has 1 aromatic rings. The van der Waals surface area contributed by atoms with E-state index in [0.717, 1.165) is 6.54 Å². The molecule has 0 aliphatic heterocycles. The molecule has 0 heterocycles. The van der Waals surface area contributed by atoms with Crippen molar-refractivity contribution in [3.8, 4) is 0 Å². The molecule has 0 bridgehead atoms. The second-order valence-electron chi connectivity index (χ2n) is 4.12. The molecule has 0 radical (unpaired) electrons. The highest BCUT2D eigenvalue weighted by Crippen LogP contribution is 2.28. The fraction of sp³-hybridized carbons (Fsp3) is 0.571. The van der Waals surface area contributed by atoms with Crippen LogP contribution in [-0.2, 0) is 0 Å². The molecule has 96 valence electrons. The number of benzene rings is 1. The molecule has 0 saturated heterocycles. The van der Waals surface area contributed by atoms with Gasteiger partial charge in [0.15, 0.2) is 0 Å². The van der Waals surface area contributed by atoms with E-state index >= 15 is 0 Å². The lowest BCUT2D eigenvalue weighted by Crippen LogP contribution is -2.17. The van der Waals surface area contributed by atoms with Crippen molar-refractivity contribution < 1.29 is 0 Å². The van der Waals surface area contributed by atoms with Crippen molar-refractivity contribution in [1.29, 1.82) is 0 Å². The van der Waals surface area contributed by atoms with Crippen LogP contribution >= 0.6 is 27.7 Å². The van der Waals surface area contributed by atoms with Crippen LogP contribution in [0, 0.1) is 0 Å². The van der Waals surface area contributed by atoms with Gasteiger partial charge in [0.2, 0.25) is 0 Å². The summed E-state index contributed by atoms with van der Waals surface area (Å²) in [5.41, 5.74) is 1.43. The Bertz CT molecular complexity index is 317. The largest absolute Gasteiger partial charge is 0.319 e. The van der Waals surface area contributed by atoms with E-state index < -0.39 is 0 Å². The van der Waals surface area contributed by atoms with Gasteiger partial charge >= 0.3 is 0 Å². The molecule has 0 saturated carbocycles. The van der Waals surface area contributed by atoms with E-state index in [1.165, 1.54) is 34.4 Å². The third kappa shape index (κ3) is 5.45. The van der Waals surface area contributed by atoms with Gasteiger partial charge in [0, 0.05) is 11.0 Å². The van der Waals surface area contributed by atoms with E-state index in [0.29, 0.717) is 5.92 Å². The van der Waals surface area contributed by atoms with Gasteiger partial charge in [-0.2, -0.15) is 11.8 Å². The third-order valence-corrected chi connectivity index (χ3v) is 4.55. The van der Waals surface area contributed by atoms with Crippen molar-refractivity contribution in [2.45, 2.75) is 25.7 Å². The van der Waals surface area contributed by atoms with Crippen LogP contribution in [0.1, 0.15) is 31.2 Å². The Morgan fingerprint density at radius 3 is 2.76 bits per heavy atom. The maximum Gasteiger partial charge on any atom is 0.0210 e. The maximum absolute atomic E-state index is 3.66. The first-order chi connectivity index (χ1) is 8.29. The van der Waals surface area contributed by atoms with Gasteiger partial charge in [-0.1, -0.05) is 41.1 Å². The van der Waals surface area contributed by atoms with Crippen LogP contribution in [-0.4, -0.2) is 25.1 Å². The minimum absolute atomic E-state index is 0.619. The van der Waals surface area contributed by atoms with Crippen LogP contribution in [0.15, 0.2) is 28.7 Å². The molecule has 17 heavy (non-hydrogen) atoms. The van der Waals surface area contributed by atoms with Gasteiger partial charge in [-0.15, -0.1) is 0 Å². The van der Waals surface area contributed by atoms with Crippen molar-refractivity contribution in [3.63, 3.8) is 0 Å². The second kappa shape index (κ2) is 9.01. The summed E-state index contributed by atoms with van der Waals surface area (Å²) in [6.07, 6.45) is 2.56. The van der Waals surface area contributed by atoms with Crippen LogP contribution in [0.3, 0.4) is 0 Å². The van der Waals surface area contributed by atoms with Gasteiger partial charge in [0.25, 0.3) is 0 Å². The van der Waals surface area contributed by atoms with Crippen molar-refractivity contribution >= 4 is 27.7 Å². The quantitative estimate of drug-likeness (QED) is 0.718. The van der Waals surface area contributed by atoms with Crippen molar-refractivity contribution in [1.82, 2.24) is 5.32 Å². The molecule has 1 aromatic carbocycles. The van der Waals surface area contributed by atoms with Gasteiger partial charge < -0.3 is 5.32 Å². The molecule has 3 heteroatoms. The monoisotopic (exact) mass is 315 g/mol. The highest BCUT2D eigenvalue weighted by molar-refractivity contribution is 9.10. The SMILES string of the molecule is CCSCCCC(CNC)c1ccccc1Br. The standard InChI is InChI=1S/C14H22BrNS/c1-3-17-10-6-7-12(11-16-2)13-8-4-5-9-14(13)15/h4-5,8-9,12,16H,3,6-7,10-11H2,1-2H3. The lowest BCUT2D eigenvalue weighted by molar-refractivity contribution is 0.577. The summed E-state index contributed by atoms with van der Waals surface area (Å²) in [5.74, 6) is 3.13. The van der Waals surface area contributed by atoms with E-state index in [-0.39, 0.29) is 0 Å². The van der Waals surface area contributed by atoms with E-state index in [1.54, 1.807) is 0 Å². The minimum Gasteiger partial charge on any atom is -0.319 e. The molecule has 1 atom stereocenters. The summed E-state index contributed by atoms with van der Waals surface area (Å²) in [6.45, 7) is 3.28. The normalized spacial score (nSPS) is 12.6. The molecule has 1 unspecified atom stereocenters. The predicted octanol–water partition coefficient (Wildman–Crippen LogP) is 4.29. The highest BCUT2D eigenvalue weighted by atomic mass is 79.9. The number of nitrogens with one attached hydrogen (secondary N) is 1. The van der Waals surface area contributed by atoms with Crippen molar-refractivity contribution in [2.24, 2.45) is 0 Å². The molecular formula is C14H22BrNS. The summed E-state index contributed by atoms with van der Waals surface area (Å²) in [5, 5.41) is 3.31. The van der Waals surface area contributed by atoms with Gasteiger partial charge in [0.1, 0.15) is 0 Å². The summed E-state index contributed by atoms with van der Waals surface area (Å²) in [6, 6.07) is 8.58.